The van der Waals surface area contributed by atoms with Gasteiger partial charge in [0, 0.05) is 5.56 Å². The van der Waals surface area contributed by atoms with Crippen molar-refractivity contribution >= 4 is 24.0 Å². The largest absolute Gasteiger partial charge is 0.496 e. The van der Waals surface area contributed by atoms with E-state index >= 15 is 0 Å². The van der Waals surface area contributed by atoms with Gasteiger partial charge in [-0.05, 0) is 77.9 Å². The van der Waals surface area contributed by atoms with Gasteiger partial charge in [-0.3, -0.25) is 5.41 Å². The molecule has 0 aliphatic heterocycles. The van der Waals surface area contributed by atoms with Crippen molar-refractivity contribution in [2.45, 2.75) is 27.2 Å². The van der Waals surface area contributed by atoms with Crippen LogP contribution in [0.15, 0.2) is 132 Å². The Bertz CT molecular complexity index is 1370. The number of nitrogens with one attached hydrogen (secondary N) is 1. The standard InChI is InChI=1S/C36H41N3O/c1-9-11-16-26(3)22-33-29(6)24-32(25-34(33)40-8)36(37)39-35(38-7)21-20-31(27(4)17-12-10-2)23-28(5)30-18-14-13-15-19-30/h9-21,23-27,37H,1-2,5,7,22H2,3-4,6,8H3/b16-11-,17-12-,21-20+,31-23+,37-36?,39-35?/t26-,27+/m1/s1. The minimum absolute atomic E-state index is 0.0819. The number of aryl methyl sites for hydroxylation is 1. The van der Waals surface area contributed by atoms with Crippen LogP contribution in [0.1, 0.15) is 36.1 Å². The van der Waals surface area contributed by atoms with Crippen LogP contribution in [-0.2, 0) is 6.42 Å². The van der Waals surface area contributed by atoms with Crippen LogP contribution < -0.4 is 4.74 Å². The van der Waals surface area contributed by atoms with Gasteiger partial charge in [0.25, 0.3) is 0 Å². The number of nitrogens with zero attached hydrogens (tertiary/aromatic N) is 2. The van der Waals surface area contributed by atoms with E-state index in [9.17, 15) is 0 Å². The molecule has 4 nitrogen and oxygen atoms in total. The Labute approximate surface area is 240 Å². The van der Waals surface area contributed by atoms with Gasteiger partial charge in [-0.1, -0.05) is 113 Å². The second kappa shape index (κ2) is 16.4. The maximum atomic E-state index is 8.68. The first-order valence-corrected chi connectivity index (χ1v) is 13.3. The molecular formula is C36H41N3O. The summed E-state index contributed by atoms with van der Waals surface area (Å²) in [7, 11) is 1.65. The lowest BCUT2D eigenvalue weighted by Gasteiger charge is -2.16. The third kappa shape index (κ3) is 9.63. The van der Waals surface area contributed by atoms with Gasteiger partial charge in [-0.15, -0.1) is 0 Å². The Morgan fingerprint density at radius 1 is 1.00 bits per heavy atom. The van der Waals surface area contributed by atoms with Crippen molar-refractivity contribution in [1.29, 1.82) is 5.41 Å². The molecule has 0 aliphatic carbocycles. The molecule has 0 fully saturated rings. The Kier molecular flexibility index (Phi) is 13.0. The summed E-state index contributed by atoms with van der Waals surface area (Å²) in [5, 5.41) is 8.68. The third-order valence-electron chi connectivity index (χ3n) is 6.39. The zero-order chi connectivity index (χ0) is 29.5. The summed E-state index contributed by atoms with van der Waals surface area (Å²) >= 11 is 0. The molecule has 1 N–H and O–H groups in total. The second-order valence-corrected chi connectivity index (χ2v) is 9.53. The van der Waals surface area contributed by atoms with Crippen LogP contribution in [0, 0.1) is 24.2 Å². The molecule has 0 bridgehead atoms. The summed E-state index contributed by atoms with van der Waals surface area (Å²) in [4.78, 5) is 8.54. The quantitative estimate of drug-likeness (QED) is 0.157. The van der Waals surface area contributed by atoms with E-state index in [2.05, 4.69) is 62.4 Å². The van der Waals surface area contributed by atoms with Crippen LogP contribution in [0.5, 0.6) is 5.75 Å². The number of allylic oxidation sites excluding steroid dienone is 10. The summed E-state index contributed by atoms with van der Waals surface area (Å²) in [6.45, 7) is 21.7. The maximum Gasteiger partial charge on any atom is 0.154 e. The number of aliphatic imine (C=N–C) groups is 2. The smallest absolute Gasteiger partial charge is 0.154 e. The van der Waals surface area contributed by atoms with E-state index in [1.54, 1.807) is 25.3 Å². The highest BCUT2D eigenvalue weighted by Crippen LogP contribution is 2.28. The highest BCUT2D eigenvalue weighted by atomic mass is 16.5. The van der Waals surface area contributed by atoms with Crippen LogP contribution in [0.25, 0.3) is 5.57 Å². The molecule has 0 aliphatic rings. The fourth-order valence-electron chi connectivity index (χ4n) is 4.12. The molecule has 0 amide bonds. The molecule has 0 radical (unpaired) electrons. The monoisotopic (exact) mass is 531 g/mol. The molecule has 0 spiro atoms. The van der Waals surface area contributed by atoms with Crippen molar-refractivity contribution in [2.75, 3.05) is 7.11 Å². The Morgan fingerprint density at radius 2 is 1.68 bits per heavy atom. The van der Waals surface area contributed by atoms with Crippen LogP contribution in [-0.4, -0.2) is 25.5 Å². The van der Waals surface area contributed by atoms with Gasteiger partial charge in [-0.2, -0.15) is 0 Å². The van der Waals surface area contributed by atoms with Gasteiger partial charge in [0.15, 0.2) is 11.7 Å². The van der Waals surface area contributed by atoms with Crippen molar-refractivity contribution in [1.82, 2.24) is 0 Å². The Balaban J connectivity index is 2.38. The summed E-state index contributed by atoms with van der Waals surface area (Å²) < 4.78 is 5.70. The zero-order valence-electron chi connectivity index (χ0n) is 24.2. The number of benzene rings is 2. The van der Waals surface area contributed by atoms with Crippen molar-refractivity contribution in [3.05, 3.63) is 145 Å². The van der Waals surface area contributed by atoms with Crippen molar-refractivity contribution in [3.8, 4) is 5.75 Å². The summed E-state index contributed by atoms with van der Waals surface area (Å²) in [6, 6.07) is 13.9. The minimum Gasteiger partial charge on any atom is -0.496 e. The number of hydrogen-bond donors (Lipinski definition) is 1. The first kappa shape index (κ1) is 31.6. The van der Waals surface area contributed by atoms with E-state index in [0.29, 0.717) is 17.3 Å². The van der Waals surface area contributed by atoms with Gasteiger partial charge in [-0.25, -0.2) is 9.98 Å². The molecule has 2 aromatic rings. The first-order valence-electron chi connectivity index (χ1n) is 13.3. The highest BCUT2D eigenvalue weighted by Gasteiger charge is 2.14. The summed E-state index contributed by atoms with van der Waals surface area (Å²) in [6.07, 6.45) is 18.2. The molecule has 0 saturated carbocycles. The van der Waals surface area contributed by atoms with E-state index in [1.165, 1.54) is 0 Å². The lowest BCUT2D eigenvalue weighted by molar-refractivity contribution is 0.407. The van der Waals surface area contributed by atoms with E-state index in [1.807, 2.05) is 73.7 Å². The van der Waals surface area contributed by atoms with Crippen molar-refractivity contribution in [2.24, 2.45) is 21.8 Å². The molecule has 2 atom stereocenters. The number of hydrogen-bond acceptors (Lipinski definition) is 2. The third-order valence-corrected chi connectivity index (χ3v) is 6.39. The maximum absolute atomic E-state index is 8.68. The number of rotatable bonds is 13. The lowest BCUT2D eigenvalue weighted by atomic mass is 9.94. The molecule has 0 heterocycles. The van der Waals surface area contributed by atoms with Gasteiger partial charge < -0.3 is 4.74 Å². The SMILES string of the molecule is C=C/C=C\[C@@H](C)Cc1c(C)cc(C(=N)N=C(/C=C/C(=C\C(=C)c2ccccc2)[C@@H](C)/C=C\C=C)N=C)cc1OC. The molecule has 0 aromatic heterocycles. The molecule has 2 aromatic carbocycles. The zero-order valence-corrected chi connectivity index (χ0v) is 24.2. The van der Waals surface area contributed by atoms with E-state index < -0.39 is 0 Å². The Morgan fingerprint density at radius 3 is 2.30 bits per heavy atom. The molecule has 0 unspecified atom stereocenters. The predicted octanol–water partition coefficient (Wildman–Crippen LogP) is 8.92. The van der Waals surface area contributed by atoms with Gasteiger partial charge in [0.2, 0.25) is 0 Å². The molecule has 40 heavy (non-hydrogen) atoms. The average molecular weight is 532 g/mol. The van der Waals surface area contributed by atoms with Gasteiger partial charge >= 0.3 is 0 Å². The number of amidine groups is 2. The van der Waals surface area contributed by atoms with Crippen LogP contribution in [0.4, 0.5) is 0 Å². The fraction of sp³-hybridized carbons (Fsp3) is 0.194. The van der Waals surface area contributed by atoms with E-state index in [0.717, 1.165) is 40.0 Å². The molecular weight excluding hydrogens is 490 g/mol. The van der Waals surface area contributed by atoms with Crippen LogP contribution in [0.2, 0.25) is 0 Å². The molecule has 4 heteroatoms. The van der Waals surface area contributed by atoms with Crippen LogP contribution >= 0.6 is 0 Å². The van der Waals surface area contributed by atoms with E-state index in [4.69, 9.17) is 10.1 Å². The summed E-state index contributed by atoms with van der Waals surface area (Å²) in [5.41, 5.74) is 5.76. The topological polar surface area (TPSA) is 57.8 Å². The van der Waals surface area contributed by atoms with E-state index in [-0.39, 0.29) is 11.8 Å². The number of ether oxygens (including phenoxy) is 1. The average Bonchev–Trinajstić information content (AvgIpc) is 2.97. The fourth-order valence-corrected chi connectivity index (χ4v) is 4.12. The lowest BCUT2D eigenvalue weighted by Crippen LogP contribution is -2.06. The highest BCUT2D eigenvalue weighted by molar-refractivity contribution is 6.09. The second-order valence-electron chi connectivity index (χ2n) is 9.53. The molecule has 206 valence electrons. The van der Waals surface area contributed by atoms with Crippen molar-refractivity contribution in [3.63, 3.8) is 0 Å². The first-order chi connectivity index (χ1) is 19.2. The van der Waals surface area contributed by atoms with Crippen molar-refractivity contribution < 1.29 is 4.74 Å². The number of methoxy groups -OCH3 is 1. The molecule has 2 rings (SSSR count). The van der Waals surface area contributed by atoms with Crippen LogP contribution in [0.3, 0.4) is 0 Å². The molecule has 0 saturated heterocycles. The van der Waals surface area contributed by atoms with Gasteiger partial charge in [0.1, 0.15) is 5.75 Å². The predicted molar refractivity (Wildman–Crippen MR) is 175 cm³/mol. The summed E-state index contributed by atoms with van der Waals surface area (Å²) in [5.74, 6) is 1.57. The Hall–Kier alpha value is -4.57. The normalized spacial score (nSPS) is 13.9. The minimum atomic E-state index is 0.0819. The van der Waals surface area contributed by atoms with Gasteiger partial charge in [0.05, 0.1) is 7.11 Å².